The molecule has 0 saturated heterocycles. The maximum absolute atomic E-state index is 12.8. The summed E-state index contributed by atoms with van der Waals surface area (Å²) in [5.41, 5.74) is 3.72. The Morgan fingerprint density at radius 1 is 0.871 bits per heavy atom. The largest absolute Gasteiger partial charge is 0.322 e. The van der Waals surface area contributed by atoms with E-state index in [0.29, 0.717) is 28.1 Å². The van der Waals surface area contributed by atoms with Gasteiger partial charge >= 0.3 is 0 Å². The molecule has 1 aromatic heterocycles. The highest BCUT2D eigenvalue weighted by atomic mass is 79.9. The van der Waals surface area contributed by atoms with Crippen molar-refractivity contribution in [2.75, 3.05) is 10.6 Å². The van der Waals surface area contributed by atoms with Crippen LogP contribution in [-0.4, -0.2) is 21.6 Å². The van der Waals surface area contributed by atoms with Gasteiger partial charge in [0.2, 0.25) is 0 Å². The van der Waals surface area contributed by atoms with Crippen molar-refractivity contribution in [2.24, 2.45) is 0 Å². The van der Waals surface area contributed by atoms with Crippen molar-refractivity contribution < 1.29 is 9.59 Å². The SMILES string of the molecule is Cc1c(NC(=O)c2cnn(-c3ccc(Br)cc3)c2)cccc1C(=O)Nc1ccccc1. The van der Waals surface area contributed by atoms with Gasteiger partial charge in [0.05, 0.1) is 17.4 Å². The highest BCUT2D eigenvalue weighted by Gasteiger charge is 2.15. The number of hydrogen-bond acceptors (Lipinski definition) is 3. The van der Waals surface area contributed by atoms with E-state index in [9.17, 15) is 9.59 Å². The van der Waals surface area contributed by atoms with E-state index < -0.39 is 0 Å². The Hall–Kier alpha value is -3.71. The van der Waals surface area contributed by atoms with Gasteiger partial charge in [-0.1, -0.05) is 40.2 Å². The lowest BCUT2D eigenvalue weighted by Gasteiger charge is -2.12. The van der Waals surface area contributed by atoms with Crippen molar-refractivity contribution in [1.82, 2.24) is 9.78 Å². The molecule has 0 radical (unpaired) electrons. The van der Waals surface area contributed by atoms with E-state index >= 15 is 0 Å². The summed E-state index contributed by atoms with van der Waals surface area (Å²) in [6.45, 7) is 1.81. The van der Waals surface area contributed by atoms with Crippen LogP contribution in [0.15, 0.2) is 89.7 Å². The van der Waals surface area contributed by atoms with Gasteiger partial charge in [0, 0.05) is 27.6 Å². The average Bonchev–Trinajstić information content (AvgIpc) is 3.27. The highest BCUT2D eigenvalue weighted by Crippen LogP contribution is 2.21. The van der Waals surface area contributed by atoms with Crippen LogP contribution in [0.2, 0.25) is 0 Å². The topological polar surface area (TPSA) is 76.0 Å². The number of anilines is 2. The van der Waals surface area contributed by atoms with Crippen LogP contribution < -0.4 is 10.6 Å². The molecule has 2 amide bonds. The lowest BCUT2D eigenvalue weighted by Crippen LogP contribution is -2.16. The molecule has 7 heteroatoms. The zero-order chi connectivity index (χ0) is 21.8. The van der Waals surface area contributed by atoms with Crippen molar-refractivity contribution in [3.63, 3.8) is 0 Å². The standard InChI is InChI=1S/C24H19BrN4O2/c1-16-21(24(31)27-19-6-3-2-4-7-19)8-5-9-22(16)28-23(30)17-14-26-29(15-17)20-12-10-18(25)11-13-20/h2-15H,1H3,(H,27,31)(H,28,30). The summed E-state index contributed by atoms with van der Waals surface area (Å²) in [5, 5.41) is 10.0. The van der Waals surface area contributed by atoms with E-state index in [-0.39, 0.29) is 11.8 Å². The molecule has 0 atom stereocenters. The molecule has 2 N–H and O–H groups in total. The summed E-state index contributed by atoms with van der Waals surface area (Å²) < 4.78 is 2.60. The quantitative estimate of drug-likeness (QED) is 0.403. The molecule has 0 aliphatic rings. The number of benzene rings is 3. The number of carbonyl (C=O) groups excluding carboxylic acids is 2. The lowest BCUT2D eigenvalue weighted by atomic mass is 10.1. The number of rotatable bonds is 5. The van der Waals surface area contributed by atoms with Crippen molar-refractivity contribution in [3.8, 4) is 5.69 Å². The van der Waals surface area contributed by atoms with Crippen molar-refractivity contribution in [1.29, 1.82) is 0 Å². The molecule has 6 nitrogen and oxygen atoms in total. The van der Waals surface area contributed by atoms with E-state index in [1.54, 1.807) is 36.0 Å². The van der Waals surface area contributed by atoms with Crippen LogP contribution in [0.4, 0.5) is 11.4 Å². The molecule has 0 fully saturated rings. The molecular formula is C24H19BrN4O2. The van der Waals surface area contributed by atoms with Gasteiger partial charge in [0.25, 0.3) is 11.8 Å². The van der Waals surface area contributed by atoms with E-state index in [0.717, 1.165) is 10.2 Å². The first-order valence-corrected chi connectivity index (χ1v) is 10.4. The average molecular weight is 475 g/mol. The number of halogens is 1. The molecule has 4 rings (SSSR count). The summed E-state index contributed by atoms with van der Waals surface area (Å²) in [7, 11) is 0. The monoisotopic (exact) mass is 474 g/mol. The predicted molar refractivity (Wildman–Crippen MR) is 125 cm³/mol. The predicted octanol–water partition coefficient (Wildman–Crippen LogP) is 5.45. The number of nitrogens with zero attached hydrogens (tertiary/aromatic N) is 2. The zero-order valence-electron chi connectivity index (χ0n) is 16.7. The molecule has 0 aliphatic heterocycles. The number of carbonyl (C=O) groups is 2. The molecular weight excluding hydrogens is 456 g/mol. The fourth-order valence-electron chi connectivity index (χ4n) is 3.11. The Labute approximate surface area is 188 Å². The first kappa shape index (κ1) is 20.6. The van der Waals surface area contributed by atoms with Crippen LogP contribution in [-0.2, 0) is 0 Å². The number of hydrogen-bond donors (Lipinski definition) is 2. The molecule has 1 heterocycles. The minimum Gasteiger partial charge on any atom is -0.322 e. The molecule has 0 unspecified atom stereocenters. The fourth-order valence-corrected chi connectivity index (χ4v) is 3.37. The second-order valence-electron chi connectivity index (χ2n) is 6.90. The minimum atomic E-state index is -0.299. The summed E-state index contributed by atoms with van der Waals surface area (Å²) >= 11 is 3.40. The molecule has 0 spiro atoms. The third-order valence-corrected chi connectivity index (χ3v) is 5.32. The number of nitrogens with one attached hydrogen (secondary N) is 2. The van der Waals surface area contributed by atoms with Crippen LogP contribution in [0.3, 0.4) is 0 Å². The van der Waals surface area contributed by atoms with Crippen LogP contribution >= 0.6 is 15.9 Å². The van der Waals surface area contributed by atoms with Crippen LogP contribution in [0.1, 0.15) is 26.3 Å². The molecule has 0 bridgehead atoms. The second kappa shape index (κ2) is 8.97. The van der Waals surface area contributed by atoms with Gasteiger partial charge in [-0.05, 0) is 61.0 Å². The fraction of sp³-hybridized carbons (Fsp3) is 0.0417. The smallest absolute Gasteiger partial charge is 0.258 e. The van der Waals surface area contributed by atoms with Gasteiger partial charge in [0.15, 0.2) is 0 Å². The van der Waals surface area contributed by atoms with E-state index in [4.69, 9.17) is 0 Å². The normalized spacial score (nSPS) is 10.5. The van der Waals surface area contributed by atoms with Crippen LogP contribution in [0, 0.1) is 6.92 Å². The highest BCUT2D eigenvalue weighted by molar-refractivity contribution is 9.10. The first-order chi connectivity index (χ1) is 15.0. The second-order valence-corrected chi connectivity index (χ2v) is 7.82. The van der Waals surface area contributed by atoms with Crippen LogP contribution in [0.25, 0.3) is 5.69 Å². The maximum Gasteiger partial charge on any atom is 0.258 e. The molecule has 3 aromatic carbocycles. The summed E-state index contributed by atoms with van der Waals surface area (Å²) in [4.78, 5) is 25.5. The Morgan fingerprint density at radius 3 is 2.35 bits per heavy atom. The molecule has 0 aliphatic carbocycles. The molecule has 4 aromatic rings. The van der Waals surface area contributed by atoms with E-state index in [2.05, 4.69) is 31.7 Å². The number of aromatic nitrogens is 2. The van der Waals surface area contributed by atoms with Crippen molar-refractivity contribution in [3.05, 3.63) is 106 Å². The van der Waals surface area contributed by atoms with Gasteiger partial charge < -0.3 is 10.6 Å². The zero-order valence-corrected chi connectivity index (χ0v) is 18.3. The lowest BCUT2D eigenvalue weighted by molar-refractivity contribution is 0.101. The van der Waals surface area contributed by atoms with Gasteiger partial charge in [-0.25, -0.2) is 4.68 Å². The summed E-state index contributed by atoms with van der Waals surface area (Å²) in [6, 6.07) is 22.1. The van der Waals surface area contributed by atoms with Gasteiger partial charge in [-0.3, -0.25) is 9.59 Å². The Morgan fingerprint density at radius 2 is 1.61 bits per heavy atom. The van der Waals surface area contributed by atoms with Crippen molar-refractivity contribution >= 4 is 39.1 Å². The molecule has 0 saturated carbocycles. The minimum absolute atomic E-state index is 0.233. The van der Waals surface area contributed by atoms with Crippen molar-refractivity contribution in [2.45, 2.75) is 6.92 Å². The number of amides is 2. The Kier molecular flexibility index (Phi) is 5.95. The molecule has 154 valence electrons. The van der Waals surface area contributed by atoms with Gasteiger partial charge in [0.1, 0.15) is 0 Å². The summed E-state index contributed by atoms with van der Waals surface area (Å²) in [5.74, 6) is -0.532. The third kappa shape index (κ3) is 4.73. The van der Waals surface area contributed by atoms with E-state index in [1.807, 2.05) is 54.6 Å². The summed E-state index contributed by atoms with van der Waals surface area (Å²) in [6.07, 6.45) is 3.18. The Balaban J connectivity index is 1.50. The Bertz CT molecular complexity index is 1230. The van der Waals surface area contributed by atoms with Gasteiger partial charge in [-0.2, -0.15) is 5.10 Å². The number of para-hydroxylation sites is 1. The first-order valence-electron chi connectivity index (χ1n) is 9.59. The van der Waals surface area contributed by atoms with Crippen LogP contribution in [0.5, 0.6) is 0 Å². The van der Waals surface area contributed by atoms with Gasteiger partial charge in [-0.15, -0.1) is 0 Å². The van der Waals surface area contributed by atoms with E-state index in [1.165, 1.54) is 6.20 Å². The maximum atomic E-state index is 12.8. The molecule has 31 heavy (non-hydrogen) atoms. The third-order valence-electron chi connectivity index (χ3n) is 4.79.